The maximum absolute atomic E-state index is 11.2. The van der Waals surface area contributed by atoms with Gasteiger partial charge < -0.3 is 4.74 Å². The molecule has 0 aliphatic heterocycles. The van der Waals surface area contributed by atoms with Crippen molar-refractivity contribution in [2.24, 2.45) is 0 Å². The number of hydrogen-bond donors (Lipinski definition) is 0. The third-order valence-electron chi connectivity index (χ3n) is 2.13. The van der Waals surface area contributed by atoms with Crippen molar-refractivity contribution >= 4 is 10.8 Å². The average Bonchev–Trinajstić information content (AvgIpc) is 2.44. The van der Waals surface area contributed by atoms with Gasteiger partial charge in [-0.2, -0.15) is 0 Å². The van der Waals surface area contributed by atoms with E-state index in [2.05, 4.69) is 0 Å². The van der Waals surface area contributed by atoms with Crippen molar-refractivity contribution in [3.63, 3.8) is 0 Å². The molecule has 2 aromatic rings. The van der Waals surface area contributed by atoms with Crippen LogP contribution in [-0.2, 0) is 0 Å². The van der Waals surface area contributed by atoms with E-state index in [9.17, 15) is 14.4 Å². The number of methoxy groups -OCH3 is 1. The Labute approximate surface area is 78.1 Å². The van der Waals surface area contributed by atoms with Crippen LogP contribution in [0.25, 0.3) is 10.8 Å². The van der Waals surface area contributed by atoms with Gasteiger partial charge in [0.05, 0.1) is 7.11 Å². The molecule has 0 heterocycles. The van der Waals surface area contributed by atoms with Crippen molar-refractivity contribution in [2.45, 2.75) is 0 Å². The molecular formula is C10H6O4. The maximum Gasteiger partial charge on any atom is 0.273 e. The van der Waals surface area contributed by atoms with Crippen LogP contribution in [0.2, 0.25) is 0 Å². The van der Waals surface area contributed by atoms with Gasteiger partial charge in [0.15, 0.2) is 0 Å². The van der Waals surface area contributed by atoms with E-state index in [0.717, 1.165) is 0 Å². The fourth-order valence-electron chi connectivity index (χ4n) is 1.38. The molecule has 0 amide bonds. The molecule has 4 heteroatoms. The minimum Gasteiger partial charge on any atom is -0.497 e. The number of hydrogen-bond acceptors (Lipinski definition) is 4. The van der Waals surface area contributed by atoms with E-state index in [1.807, 2.05) is 0 Å². The van der Waals surface area contributed by atoms with E-state index < -0.39 is 16.3 Å². The Balaban J connectivity index is 3.04. The second-order valence-corrected chi connectivity index (χ2v) is 2.90. The van der Waals surface area contributed by atoms with Crippen LogP contribution in [0.3, 0.4) is 0 Å². The van der Waals surface area contributed by atoms with Crippen molar-refractivity contribution in [3.05, 3.63) is 48.9 Å². The molecule has 0 unspecified atom stereocenters. The summed E-state index contributed by atoms with van der Waals surface area (Å²) >= 11 is 0. The zero-order valence-corrected chi connectivity index (χ0v) is 7.37. The lowest BCUT2D eigenvalue weighted by molar-refractivity contribution is 0.415. The fraction of sp³-hybridized carbons (Fsp3) is 0.100. The summed E-state index contributed by atoms with van der Waals surface area (Å²) in [5.74, 6) is 0.458. The predicted octanol–water partition coefficient (Wildman–Crippen LogP) is -0.195. The summed E-state index contributed by atoms with van der Waals surface area (Å²) in [6, 6.07) is 4.38. The van der Waals surface area contributed by atoms with Gasteiger partial charge in [-0.3, -0.25) is 14.4 Å². The van der Waals surface area contributed by atoms with Crippen molar-refractivity contribution in [2.75, 3.05) is 7.11 Å². The predicted molar refractivity (Wildman–Crippen MR) is 51.7 cm³/mol. The highest BCUT2D eigenvalue weighted by atomic mass is 16.5. The van der Waals surface area contributed by atoms with Gasteiger partial charge in [-0.25, -0.2) is 0 Å². The van der Waals surface area contributed by atoms with Crippen LogP contribution in [0.4, 0.5) is 0 Å². The minimum absolute atomic E-state index is 0.138. The Kier molecular flexibility index (Phi) is 1.70. The Bertz CT molecular complexity index is 632. The van der Waals surface area contributed by atoms with E-state index in [1.165, 1.54) is 19.2 Å². The SMILES string of the molecule is COc1ccc2c(=O)c(=O)c(=O)c2c1. The molecule has 0 radical (unpaired) electrons. The van der Waals surface area contributed by atoms with Crippen LogP contribution in [0, 0.1) is 0 Å². The van der Waals surface area contributed by atoms with Crippen LogP contribution in [0.15, 0.2) is 32.6 Å². The molecular weight excluding hydrogens is 184 g/mol. The third kappa shape index (κ3) is 0.970. The molecule has 0 fully saturated rings. The van der Waals surface area contributed by atoms with Crippen molar-refractivity contribution in [1.82, 2.24) is 0 Å². The molecule has 0 atom stereocenters. The monoisotopic (exact) mass is 190 g/mol. The quantitative estimate of drug-likeness (QED) is 0.584. The van der Waals surface area contributed by atoms with Crippen molar-refractivity contribution < 1.29 is 4.74 Å². The summed E-state index contributed by atoms with van der Waals surface area (Å²) < 4.78 is 4.88. The van der Waals surface area contributed by atoms with Gasteiger partial charge in [-0.1, -0.05) is 0 Å². The van der Waals surface area contributed by atoms with Crippen LogP contribution in [0.1, 0.15) is 0 Å². The topological polar surface area (TPSA) is 60.4 Å². The number of benzene rings is 1. The van der Waals surface area contributed by atoms with Gasteiger partial charge in [0.2, 0.25) is 10.9 Å². The molecule has 0 bridgehead atoms. The first-order valence-corrected chi connectivity index (χ1v) is 3.96. The van der Waals surface area contributed by atoms with E-state index >= 15 is 0 Å². The van der Waals surface area contributed by atoms with E-state index in [0.29, 0.717) is 5.75 Å². The van der Waals surface area contributed by atoms with Gasteiger partial charge >= 0.3 is 0 Å². The number of ether oxygens (including phenoxy) is 1. The summed E-state index contributed by atoms with van der Waals surface area (Å²) in [6.07, 6.45) is 0. The smallest absolute Gasteiger partial charge is 0.273 e. The van der Waals surface area contributed by atoms with Crippen LogP contribution in [0.5, 0.6) is 5.75 Å². The second-order valence-electron chi connectivity index (χ2n) is 2.90. The average molecular weight is 190 g/mol. The molecule has 0 N–H and O–H groups in total. The standard InChI is InChI=1S/C10H6O4/c1-14-5-2-3-6-7(4-5)9(12)10(13)8(6)11/h2-4H,1H3. The molecule has 0 saturated carbocycles. The highest BCUT2D eigenvalue weighted by molar-refractivity contribution is 5.84. The zero-order chi connectivity index (χ0) is 10.3. The zero-order valence-electron chi connectivity index (χ0n) is 7.37. The molecule has 0 aliphatic rings. The molecule has 14 heavy (non-hydrogen) atoms. The molecule has 0 spiro atoms. The first-order valence-electron chi connectivity index (χ1n) is 3.96. The lowest BCUT2D eigenvalue weighted by Crippen LogP contribution is -2.29. The molecule has 4 nitrogen and oxygen atoms in total. The van der Waals surface area contributed by atoms with Crippen LogP contribution >= 0.6 is 0 Å². The Morgan fingerprint density at radius 1 is 0.929 bits per heavy atom. The van der Waals surface area contributed by atoms with E-state index in [-0.39, 0.29) is 10.8 Å². The molecule has 2 rings (SSSR count). The molecule has 0 saturated heterocycles. The van der Waals surface area contributed by atoms with Gasteiger partial charge in [0, 0.05) is 10.8 Å². The summed E-state index contributed by atoms with van der Waals surface area (Å²) in [4.78, 5) is 33.5. The summed E-state index contributed by atoms with van der Waals surface area (Å²) in [7, 11) is 1.45. The van der Waals surface area contributed by atoms with E-state index in [4.69, 9.17) is 4.74 Å². The van der Waals surface area contributed by atoms with Crippen molar-refractivity contribution in [3.8, 4) is 5.75 Å². The highest BCUT2D eigenvalue weighted by Gasteiger charge is 2.12. The lowest BCUT2D eigenvalue weighted by atomic mass is 10.2. The fourth-order valence-corrected chi connectivity index (χ4v) is 1.38. The molecule has 70 valence electrons. The first-order chi connectivity index (χ1) is 6.65. The summed E-state index contributed by atoms with van der Waals surface area (Å²) in [5, 5.41) is 0.306. The molecule has 0 aromatic heterocycles. The van der Waals surface area contributed by atoms with Crippen molar-refractivity contribution in [1.29, 1.82) is 0 Å². The van der Waals surface area contributed by atoms with Gasteiger partial charge in [0.1, 0.15) is 5.75 Å². The highest BCUT2D eigenvalue weighted by Crippen LogP contribution is 2.14. The van der Waals surface area contributed by atoms with Gasteiger partial charge in [0.25, 0.3) is 5.43 Å². The molecule has 0 aliphatic carbocycles. The van der Waals surface area contributed by atoms with Crippen LogP contribution in [-0.4, -0.2) is 7.11 Å². The lowest BCUT2D eigenvalue weighted by Gasteiger charge is -1.96. The number of fused-ring (bicyclic) bond motifs is 1. The summed E-state index contributed by atoms with van der Waals surface area (Å²) in [5.41, 5.74) is -2.44. The number of rotatable bonds is 1. The minimum atomic E-state index is -0.965. The van der Waals surface area contributed by atoms with Gasteiger partial charge in [-0.15, -0.1) is 0 Å². The Morgan fingerprint density at radius 2 is 1.57 bits per heavy atom. The maximum atomic E-state index is 11.2. The molecule has 2 aromatic carbocycles. The normalized spacial score (nSPS) is 10.6. The Hall–Kier alpha value is -1.97. The van der Waals surface area contributed by atoms with E-state index in [1.54, 1.807) is 6.07 Å². The summed E-state index contributed by atoms with van der Waals surface area (Å²) in [6.45, 7) is 0. The van der Waals surface area contributed by atoms with Gasteiger partial charge in [-0.05, 0) is 18.2 Å². The third-order valence-corrected chi connectivity index (χ3v) is 2.13. The first kappa shape index (κ1) is 8.62. The van der Waals surface area contributed by atoms with Crippen LogP contribution < -0.4 is 21.0 Å². The largest absolute Gasteiger partial charge is 0.497 e. The second kappa shape index (κ2) is 2.77. The Morgan fingerprint density at radius 3 is 2.21 bits per heavy atom.